The number of aryl methyl sites for hydroxylation is 1. The molecule has 4 heterocycles. The molecule has 0 bridgehead atoms. The van der Waals surface area contributed by atoms with Crippen LogP contribution in [0.2, 0.25) is 0 Å². The number of carbonyl (C=O) groups excluding carboxylic acids is 2. The molecule has 0 saturated carbocycles. The SMILES string of the molecule is Cc1ncoc1COc1ccc2c(c1)CCN(C[C@@H](O)CNC(=O)c1ccnc(NC3CCN(C)C(=O)C3)c1)C2. The van der Waals surface area contributed by atoms with Crippen LogP contribution in [0.5, 0.6) is 5.75 Å². The number of hydrogen-bond acceptors (Lipinski definition) is 9. The van der Waals surface area contributed by atoms with Crippen LogP contribution in [0.25, 0.3) is 0 Å². The van der Waals surface area contributed by atoms with Gasteiger partial charge in [0.25, 0.3) is 5.91 Å². The zero-order valence-corrected chi connectivity index (χ0v) is 22.9. The molecule has 1 fully saturated rings. The van der Waals surface area contributed by atoms with Crippen LogP contribution < -0.4 is 15.4 Å². The predicted octanol–water partition coefficient (Wildman–Crippen LogP) is 2.14. The number of aliphatic hydroxyl groups is 1. The number of benzene rings is 1. The molecule has 3 N–H and O–H groups in total. The largest absolute Gasteiger partial charge is 0.486 e. The summed E-state index contributed by atoms with van der Waals surface area (Å²) < 4.78 is 11.2. The van der Waals surface area contributed by atoms with Gasteiger partial charge in [-0.2, -0.15) is 0 Å². The average molecular weight is 549 g/mol. The minimum absolute atomic E-state index is 0.00586. The van der Waals surface area contributed by atoms with E-state index >= 15 is 0 Å². The Bertz CT molecular complexity index is 1340. The first kappa shape index (κ1) is 27.6. The molecule has 212 valence electrons. The molecule has 1 unspecified atom stereocenters. The maximum Gasteiger partial charge on any atom is 0.251 e. The van der Waals surface area contributed by atoms with E-state index in [1.807, 2.05) is 13.0 Å². The van der Waals surface area contributed by atoms with Crippen molar-refractivity contribution in [3.8, 4) is 5.75 Å². The third-order valence-corrected chi connectivity index (χ3v) is 7.48. The number of likely N-dealkylation sites (tertiary alicyclic amines) is 1. The molecule has 1 aromatic carbocycles. The third kappa shape index (κ3) is 6.97. The first-order valence-electron chi connectivity index (χ1n) is 13.6. The highest BCUT2D eigenvalue weighted by atomic mass is 16.5. The van der Waals surface area contributed by atoms with E-state index in [2.05, 4.69) is 37.6 Å². The number of pyridine rings is 1. The van der Waals surface area contributed by atoms with Crippen molar-refractivity contribution >= 4 is 17.6 Å². The monoisotopic (exact) mass is 548 g/mol. The molecular formula is C29H36N6O5. The molecule has 0 spiro atoms. The molecule has 3 aromatic rings. The van der Waals surface area contributed by atoms with Crippen molar-refractivity contribution in [2.45, 2.75) is 51.5 Å². The molecule has 2 aromatic heterocycles. The van der Waals surface area contributed by atoms with Crippen molar-refractivity contribution in [2.24, 2.45) is 0 Å². The van der Waals surface area contributed by atoms with Gasteiger partial charge in [0.15, 0.2) is 12.2 Å². The lowest BCUT2D eigenvalue weighted by Gasteiger charge is -2.30. The Morgan fingerprint density at radius 1 is 1.23 bits per heavy atom. The second-order valence-corrected chi connectivity index (χ2v) is 10.5. The van der Waals surface area contributed by atoms with Crippen LogP contribution in [0.15, 0.2) is 47.3 Å². The molecule has 11 nitrogen and oxygen atoms in total. The molecule has 5 rings (SSSR count). The maximum absolute atomic E-state index is 12.8. The summed E-state index contributed by atoms with van der Waals surface area (Å²) in [5.41, 5.74) is 3.71. The van der Waals surface area contributed by atoms with Gasteiger partial charge in [-0.15, -0.1) is 0 Å². The summed E-state index contributed by atoms with van der Waals surface area (Å²) in [4.78, 5) is 37.0. The zero-order valence-electron chi connectivity index (χ0n) is 22.9. The standard InChI is InChI=1S/C29H36N6O5/c1-19-26(40-18-32-19)17-39-25-4-3-22-15-35(10-6-20(22)11-25)16-24(36)14-31-29(38)21-5-8-30-27(12-21)33-23-7-9-34(2)28(37)13-23/h3-5,8,11-12,18,23-24,36H,6-7,9-10,13-17H2,1-2H3,(H,30,33)(H,31,38)/t23?,24-/m0/s1. The van der Waals surface area contributed by atoms with Crippen LogP contribution >= 0.6 is 0 Å². The van der Waals surface area contributed by atoms with Crippen LogP contribution in [-0.2, 0) is 24.4 Å². The number of amides is 2. The van der Waals surface area contributed by atoms with Crippen molar-refractivity contribution in [3.63, 3.8) is 0 Å². The van der Waals surface area contributed by atoms with Gasteiger partial charge in [0.2, 0.25) is 5.91 Å². The van der Waals surface area contributed by atoms with E-state index in [0.29, 0.717) is 37.5 Å². The van der Waals surface area contributed by atoms with Gasteiger partial charge in [-0.25, -0.2) is 9.97 Å². The number of aromatic nitrogens is 2. The van der Waals surface area contributed by atoms with Gasteiger partial charge in [-0.1, -0.05) is 6.07 Å². The minimum Gasteiger partial charge on any atom is -0.486 e. The fourth-order valence-corrected chi connectivity index (χ4v) is 5.05. The summed E-state index contributed by atoms with van der Waals surface area (Å²) in [5, 5.41) is 16.7. The van der Waals surface area contributed by atoms with Gasteiger partial charge in [0.05, 0.1) is 11.8 Å². The molecule has 0 aliphatic carbocycles. The quantitative estimate of drug-likeness (QED) is 0.348. The first-order chi connectivity index (χ1) is 19.3. The number of fused-ring (bicyclic) bond motifs is 1. The lowest BCUT2D eigenvalue weighted by molar-refractivity contribution is -0.132. The fourth-order valence-electron chi connectivity index (χ4n) is 5.05. The van der Waals surface area contributed by atoms with E-state index in [9.17, 15) is 14.7 Å². The number of anilines is 1. The summed E-state index contributed by atoms with van der Waals surface area (Å²) in [6, 6.07) is 9.39. The predicted molar refractivity (Wildman–Crippen MR) is 148 cm³/mol. The number of carbonyl (C=O) groups is 2. The summed E-state index contributed by atoms with van der Waals surface area (Å²) in [7, 11) is 1.80. The number of oxazole rings is 1. The van der Waals surface area contributed by atoms with Gasteiger partial charge in [0.1, 0.15) is 18.2 Å². The van der Waals surface area contributed by atoms with Gasteiger partial charge in [0, 0.05) is 64.0 Å². The van der Waals surface area contributed by atoms with Crippen LogP contribution in [-0.4, -0.2) is 82.1 Å². The third-order valence-electron chi connectivity index (χ3n) is 7.48. The van der Waals surface area contributed by atoms with Gasteiger partial charge < -0.3 is 29.8 Å². The Labute approximate surface area is 233 Å². The van der Waals surface area contributed by atoms with Crippen LogP contribution in [0, 0.1) is 6.92 Å². The molecule has 11 heteroatoms. The van der Waals surface area contributed by atoms with E-state index < -0.39 is 6.10 Å². The summed E-state index contributed by atoms with van der Waals surface area (Å²) >= 11 is 0. The number of nitrogens with one attached hydrogen (secondary N) is 2. The molecule has 2 aliphatic rings. The Morgan fingerprint density at radius 3 is 2.90 bits per heavy atom. The Kier molecular flexibility index (Phi) is 8.61. The molecule has 2 aliphatic heterocycles. The van der Waals surface area contributed by atoms with Gasteiger partial charge in [-0.05, 0) is 55.2 Å². The van der Waals surface area contributed by atoms with E-state index in [1.165, 1.54) is 17.5 Å². The molecule has 40 heavy (non-hydrogen) atoms. The van der Waals surface area contributed by atoms with Crippen molar-refractivity contribution in [1.82, 2.24) is 25.1 Å². The van der Waals surface area contributed by atoms with Crippen LogP contribution in [0.1, 0.15) is 45.8 Å². The fraction of sp³-hybridized carbons (Fsp3) is 0.448. The summed E-state index contributed by atoms with van der Waals surface area (Å²) in [5.74, 6) is 1.89. The normalized spacial score (nSPS) is 18.2. The van der Waals surface area contributed by atoms with Gasteiger partial charge >= 0.3 is 0 Å². The second-order valence-electron chi connectivity index (χ2n) is 10.5. The Hall–Kier alpha value is -3.96. The number of piperidine rings is 1. The smallest absolute Gasteiger partial charge is 0.251 e. The van der Waals surface area contributed by atoms with Crippen molar-refractivity contribution < 1.29 is 23.8 Å². The maximum atomic E-state index is 12.8. The highest BCUT2D eigenvalue weighted by molar-refractivity contribution is 5.94. The summed E-state index contributed by atoms with van der Waals surface area (Å²) in [6.45, 7) is 5.05. The number of β-amino-alcohol motifs (C(OH)–C–C–N with tert-alkyl or cyclic N) is 1. The van der Waals surface area contributed by atoms with Crippen molar-refractivity contribution in [1.29, 1.82) is 0 Å². The van der Waals surface area contributed by atoms with E-state index in [0.717, 1.165) is 43.1 Å². The first-order valence-corrected chi connectivity index (χ1v) is 13.6. The average Bonchev–Trinajstić information content (AvgIpc) is 3.37. The highest BCUT2D eigenvalue weighted by Crippen LogP contribution is 2.25. The number of nitrogens with zero attached hydrogens (tertiary/aromatic N) is 4. The van der Waals surface area contributed by atoms with Crippen molar-refractivity contribution in [3.05, 3.63) is 71.1 Å². The van der Waals surface area contributed by atoms with E-state index in [-0.39, 0.29) is 24.4 Å². The van der Waals surface area contributed by atoms with E-state index in [4.69, 9.17) is 9.15 Å². The minimum atomic E-state index is -0.706. The number of aliphatic hydroxyl groups excluding tert-OH is 1. The Balaban J connectivity index is 1.07. The van der Waals surface area contributed by atoms with Gasteiger partial charge in [-0.3, -0.25) is 14.5 Å². The topological polar surface area (TPSA) is 133 Å². The lowest BCUT2D eigenvalue weighted by atomic mass is 9.99. The Morgan fingerprint density at radius 2 is 2.10 bits per heavy atom. The number of ether oxygens (including phenoxy) is 1. The zero-order chi connectivity index (χ0) is 28.1. The molecule has 0 radical (unpaired) electrons. The van der Waals surface area contributed by atoms with Crippen LogP contribution in [0.3, 0.4) is 0 Å². The molecule has 2 amide bonds. The van der Waals surface area contributed by atoms with E-state index in [1.54, 1.807) is 30.3 Å². The summed E-state index contributed by atoms with van der Waals surface area (Å²) in [6.07, 6.45) is 4.36. The van der Waals surface area contributed by atoms with Crippen LogP contribution in [0.4, 0.5) is 5.82 Å². The molecular weight excluding hydrogens is 512 g/mol. The van der Waals surface area contributed by atoms with Crippen molar-refractivity contribution in [2.75, 3.05) is 38.5 Å². The number of hydrogen-bond donors (Lipinski definition) is 3. The highest BCUT2D eigenvalue weighted by Gasteiger charge is 2.24. The molecule has 2 atom stereocenters. The number of rotatable bonds is 10. The lowest BCUT2D eigenvalue weighted by Crippen LogP contribution is -2.42. The second kappa shape index (κ2) is 12.5. The molecule has 1 saturated heterocycles.